The molecule has 0 bridgehead atoms. The highest BCUT2D eigenvalue weighted by molar-refractivity contribution is 9.10. The standard InChI is InChI=1S/C15H20BrN/c1-11-12(7-5-8-13(11)16)14(17)9-6-10-15(2,3)4/h5,7-8,14H,9,17H2,1-4H3. The van der Waals surface area contributed by atoms with Crippen LogP contribution in [-0.2, 0) is 0 Å². The van der Waals surface area contributed by atoms with E-state index < -0.39 is 0 Å². The maximum Gasteiger partial charge on any atom is 0.0408 e. The molecule has 0 heterocycles. The number of hydrogen-bond acceptors (Lipinski definition) is 1. The third-order valence-electron chi connectivity index (χ3n) is 2.49. The molecule has 1 aromatic rings. The van der Waals surface area contributed by atoms with Gasteiger partial charge in [-0.1, -0.05) is 34.0 Å². The fourth-order valence-corrected chi connectivity index (χ4v) is 1.94. The van der Waals surface area contributed by atoms with E-state index in [1.807, 2.05) is 12.1 Å². The number of halogens is 1. The van der Waals surface area contributed by atoms with E-state index in [-0.39, 0.29) is 11.5 Å². The van der Waals surface area contributed by atoms with Gasteiger partial charge in [0.25, 0.3) is 0 Å². The molecule has 1 rings (SSSR count). The van der Waals surface area contributed by atoms with Gasteiger partial charge >= 0.3 is 0 Å². The Morgan fingerprint density at radius 3 is 2.59 bits per heavy atom. The number of rotatable bonds is 2. The monoisotopic (exact) mass is 293 g/mol. The third kappa shape index (κ3) is 4.53. The first-order valence-corrected chi connectivity index (χ1v) is 6.61. The summed E-state index contributed by atoms with van der Waals surface area (Å²) in [6.45, 7) is 8.40. The zero-order chi connectivity index (χ0) is 13.1. The first-order valence-electron chi connectivity index (χ1n) is 5.82. The smallest absolute Gasteiger partial charge is 0.0408 e. The maximum atomic E-state index is 6.17. The Morgan fingerprint density at radius 1 is 1.35 bits per heavy atom. The third-order valence-corrected chi connectivity index (χ3v) is 3.35. The molecule has 1 atom stereocenters. The molecular formula is C15H20BrN. The van der Waals surface area contributed by atoms with Crippen LogP contribution in [0.1, 0.15) is 44.4 Å². The van der Waals surface area contributed by atoms with Crippen LogP contribution in [0.5, 0.6) is 0 Å². The van der Waals surface area contributed by atoms with Gasteiger partial charge in [0.1, 0.15) is 0 Å². The first-order chi connectivity index (χ1) is 7.81. The van der Waals surface area contributed by atoms with Crippen molar-refractivity contribution in [3.63, 3.8) is 0 Å². The second-order valence-corrected chi connectivity index (χ2v) is 6.17. The Morgan fingerprint density at radius 2 is 2.00 bits per heavy atom. The Balaban J connectivity index is 2.80. The molecule has 2 heteroatoms. The molecule has 0 amide bonds. The summed E-state index contributed by atoms with van der Waals surface area (Å²) in [5.74, 6) is 6.39. The van der Waals surface area contributed by atoms with Crippen molar-refractivity contribution >= 4 is 15.9 Å². The van der Waals surface area contributed by atoms with Crippen molar-refractivity contribution in [3.8, 4) is 11.8 Å². The molecule has 0 radical (unpaired) electrons. The van der Waals surface area contributed by atoms with Crippen LogP contribution in [0, 0.1) is 24.2 Å². The van der Waals surface area contributed by atoms with Crippen molar-refractivity contribution < 1.29 is 0 Å². The van der Waals surface area contributed by atoms with E-state index in [0.717, 1.165) is 4.47 Å². The van der Waals surface area contributed by atoms with Gasteiger partial charge in [-0.05, 0) is 44.9 Å². The van der Waals surface area contributed by atoms with Crippen LogP contribution < -0.4 is 5.73 Å². The normalized spacial score (nSPS) is 12.8. The predicted octanol–water partition coefficient (Wildman–Crippen LogP) is 4.20. The average molecular weight is 294 g/mol. The summed E-state index contributed by atoms with van der Waals surface area (Å²) in [6.07, 6.45) is 0.703. The van der Waals surface area contributed by atoms with Gasteiger partial charge < -0.3 is 5.73 Å². The molecule has 0 saturated heterocycles. The van der Waals surface area contributed by atoms with E-state index >= 15 is 0 Å². The van der Waals surface area contributed by atoms with Crippen LogP contribution in [0.25, 0.3) is 0 Å². The van der Waals surface area contributed by atoms with Gasteiger partial charge in [0.15, 0.2) is 0 Å². The molecule has 0 spiro atoms. The summed E-state index contributed by atoms with van der Waals surface area (Å²) >= 11 is 3.52. The molecule has 0 aromatic heterocycles. The minimum Gasteiger partial charge on any atom is -0.323 e. The predicted molar refractivity (Wildman–Crippen MR) is 77.7 cm³/mol. The molecule has 0 aliphatic rings. The molecule has 92 valence electrons. The van der Waals surface area contributed by atoms with Gasteiger partial charge in [-0.2, -0.15) is 0 Å². The molecule has 0 saturated carbocycles. The molecule has 0 aliphatic heterocycles. The van der Waals surface area contributed by atoms with Crippen LogP contribution in [0.2, 0.25) is 0 Å². The Labute approximate surface area is 113 Å². The Hall–Kier alpha value is -0.780. The Kier molecular flexibility index (Phi) is 4.80. The molecule has 0 fully saturated rings. The van der Waals surface area contributed by atoms with E-state index in [2.05, 4.69) is 61.5 Å². The number of hydrogen-bond donors (Lipinski definition) is 1. The topological polar surface area (TPSA) is 26.0 Å². The minimum absolute atomic E-state index is 0.0117. The fraction of sp³-hybridized carbons (Fsp3) is 0.467. The zero-order valence-corrected chi connectivity index (χ0v) is 12.6. The van der Waals surface area contributed by atoms with Crippen LogP contribution >= 0.6 is 15.9 Å². The van der Waals surface area contributed by atoms with Gasteiger partial charge in [-0.15, -0.1) is 5.92 Å². The summed E-state index contributed by atoms with van der Waals surface area (Å²) in [5.41, 5.74) is 8.59. The van der Waals surface area contributed by atoms with E-state index in [0.29, 0.717) is 6.42 Å². The summed E-state index contributed by atoms with van der Waals surface area (Å²) in [5, 5.41) is 0. The van der Waals surface area contributed by atoms with Crippen molar-refractivity contribution in [3.05, 3.63) is 33.8 Å². The average Bonchev–Trinajstić information content (AvgIpc) is 2.20. The quantitative estimate of drug-likeness (QED) is 0.813. The summed E-state index contributed by atoms with van der Waals surface area (Å²) in [7, 11) is 0. The fourth-order valence-electron chi connectivity index (χ4n) is 1.56. The SMILES string of the molecule is Cc1c(Br)cccc1C(N)CC#CC(C)(C)C. The van der Waals surface area contributed by atoms with Crippen molar-refractivity contribution in [2.24, 2.45) is 11.1 Å². The van der Waals surface area contributed by atoms with Gasteiger partial charge in [0.2, 0.25) is 0 Å². The largest absolute Gasteiger partial charge is 0.323 e. The first kappa shape index (κ1) is 14.3. The summed E-state index contributed by atoms with van der Waals surface area (Å²) in [4.78, 5) is 0. The van der Waals surface area contributed by atoms with Crippen molar-refractivity contribution in [1.29, 1.82) is 0 Å². The van der Waals surface area contributed by atoms with Crippen LogP contribution in [0.3, 0.4) is 0 Å². The molecule has 17 heavy (non-hydrogen) atoms. The van der Waals surface area contributed by atoms with Crippen LogP contribution in [0.4, 0.5) is 0 Å². The molecular weight excluding hydrogens is 274 g/mol. The van der Waals surface area contributed by atoms with Gasteiger partial charge in [0, 0.05) is 22.4 Å². The second-order valence-electron chi connectivity index (χ2n) is 5.32. The number of nitrogens with two attached hydrogens (primary N) is 1. The lowest BCUT2D eigenvalue weighted by molar-refractivity contribution is 0.569. The Bertz CT molecular complexity index is 446. The lowest BCUT2D eigenvalue weighted by Crippen LogP contribution is -2.11. The lowest BCUT2D eigenvalue weighted by atomic mass is 9.96. The van der Waals surface area contributed by atoms with E-state index in [1.165, 1.54) is 11.1 Å². The van der Waals surface area contributed by atoms with E-state index in [4.69, 9.17) is 5.73 Å². The van der Waals surface area contributed by atoms with Crippen molar-refractivity contribution in [1.82, 2.24) is 0 Å². The molecule has 2 N–H and O–H groups in total. The maximum absolute atomic E-state index is 6.17. The van der Waals surface area contributed by atoms with Crippen molar-refractivity contribution in [2.45, 2.75) is 40.2 Å². The van der Waals surface area contributed by atoms with Crippen molar-refractivity contribution in [2.75, 3.05) is 0 Å². The van der Waals surface area contributed by atoms with Gasteiger partial charge in [-0.25, -0.2) is 0 Å². The zero-order valence-electron chi connectivity index (χ0n) is 11.0. The van der Waals surface area contributed by atoms with Gasteiger partial charge in [0.05, 0.1) is 0 Å². The van der Waals surface area contributed by atoms with Crippen LogP contribution in [-0.4, -0.2) is 0 Å². The second kappa shape index (κ2) is 5.71. The van der Waals surface area contributed by atoms with E-state index in [9.17, 15) is 0 Å². The van der Waals surface area contributed by atoms with Gasteiger partial charge in [-0.3, -0.25) is 0 Å². The summed E-state index contributed by atoms with van der Waals surface area (Å²) in [6, 6.07) is 6.11. The highest BCUT2D eigenvalue weighted by atomic mass is 79.9. The number of benzene rings is 1. The molecule has 1 nitrogen and oxygen atoms in total. The highest BCUT2D eigenvalue weighted by Gasteiger charge is 2.10. The highest BCUT2D eigenvalue weighted by Crippen LogP contribution is 2.24. The molecule has 0 aliphatic carbocycles. The summed E-state index contributed by atoms with van der Waals surface area (Å²) < 4.78 is 1.11. The minimum atomic E-state index is -0.0117. The van der Waals surface area contributed by atoms with Crippen LogP contribution in [0.15, 0.2) is 22.7 Å². The van der Waals surface area contributed by atoms with E-state index in [1.54, 1.807) is 0 Å². The molecule has 1 aromatic carbocycles. The molecule has 1 unspecified atom stereocenters. The lowest BCUT2D eigenvalue weighted by Gasteiger charge is -2.13.